The van der Waals surface area contributed by atoms with Crippen LogP contribution in [0.3, 0.4) is 0 Å². The summed E-state index contributed by atoms with van der Waals surface area (Å²) in [5, 5.41) is 4.26. The predicted molar refractivity (Wildman–Crippen MR) is 152 cm³/mol. The summed E-state index contributed by atoms with van der Waals surface area (Å²) in [7, 11) is 0. The number of carbonyl (C=O) groups is 3. The molecule has 4 N–H and O–H groups in total. The van der Waals surface area contributed by atoms with E-state index in [4.69, 9.17) is 5.73 Å². The van der Waals surface area contributed by atoms with E-state index in [1.165, 1.54) is 11.3 Å². The van der Waals surface area contributed by atoms with Gasteiger partial charge in [0.15, 0.2) is 0 Å². The number of nitrogens with one attached hydrogen (secondary N) is 2. The highest BCUT2D eigenvalue weighted by Crippen LogP contribution is 2.29. The van der Waals surface area contributed by atoms with Crippen LogP contribution in [-0.4, -0.2) is 63.2 Å². The quantitative estimate of drug-likeness (QED) is 0.349. The molecule has 1 saturated heterocycles. The van der Waals surface area contributed by atoms with Crippen LogP contribution in [0.1, 0.15) is 60.7 Å². The molecule has 0 saturated carbocycles. The number of amides is 3. The van der Waals surface area contributed by atoms with Gasteiger partial charge in [-0.1, -0.05) is 12.1 Å². The number of H-pyrrole nitrogens is 1. The maximum atomic E-state index is 13.2. The third-order valence-electron chi connectivity index (χ3n) is 8.01. The minimum absolute atomic E-state index is 0.00609. The van der Waals surface area contributed by atoms with Crippen LogP contribution < -0.4 is 11.1 Å². The first kappa shape index (κ1) is 25.8. The molecule has 9 nitrogen and oxygen atoms in total. The van der Waals surface area contributed by atoms with E-state index in [9.17, 15) is 14.4 Å². The summed E-state index contributed by atoms with van der Waals surface area (Å²) in [6, 6.07) is 16.8. The van der Waals surface area contributed by atoms with Gasteiger partial charge in [0.05, 0.1) is 0 Å². The van der Waals surface area contributed by atoms with Crippen LogP contribution in [0.15, 0.2) is 67.0 Å². The van der Waals surface area contributed by atoms with E-state index in [1.807, 2.05) is 35.2 Å². The van der Waals surface area contributed by atoms with Gasteiger partial charge in [-0.25, -0.2) is 0 Å². The van der Waals surface area contributed by atoms with E-state index in [-0.39, 0.29) is 17.9 Å². The maximum Gasteiger partial charge on any atom is 0.253 e. The summed E-state index contributed by atoms with van der Waals surface area (Å²) in [5.41, 5.74) is 11.8. The van der Waals surface area contributed by atoms with Gasteiger partial charge in [0.25, 0.3) is 11.8 Å². The second-order valence-corrected chi connectivity index (χ2v) is 10.6. The molecule has 4 heterocycles. The highest BCUT2D eigenvalue weighted by atomic mass is 16.2. The topological polar surface area (TPSA) is 124 Å². The number of benzene rings is 2. The van der Waals surface area contributed by atoms with Gasteiger partial charge in [0.2, 0.25) is 5.91 Å². The van der Waals surface area contributed by atoms with Gasteiger partial charge in [-0.05, 0) is 66.4 Å². The number of primary amides is 1. The Labute approximate surface area is 232 Å². The Kier molecular flexibility index (Phi) is 7.04. The summed E-state index contributed by atoms with van der Waals surface area (Å²) in [4.78, 5) is 49.0. The average Bonchev–Trinajstić information content (AvgIpc) is 3.35. The zero-order valence-electron chi connectivity index (χ0n) is 22.2. The van der Waals surface area contributed by atoms with Gasteiger partial charge < -0.3 is 20.9 Å². The van der Waals surface area contributed by atoms with E-state index < -0.39 is 5.91 Å². The summed E-state index contributed by atoms with van der Waals surface area (Å²) in [6.07, 6.45) is 5.60. The van der Waals surface area contributed by atoms with Crippen LogP contribution in [0.4, 0.5) is 0 Å². The molecule has 2 aliphatic heterocycles. The van der Waals surface area contributed by atoms with Crippen molar-refractivity contribution in [3.8, 4) is 0 Å². The highest BCUT2D eigenvalue weighted by molar-refractivity contribution is 5.99. The molecule has 2 aromatic heterocycles. The van der Waals surface area contributed by atoms with Crippen molar-refractivity contribution in [2.24, 2.45) is 5.73 Å². The van der Waals surface area contributed by atoms with E-state index in [2.05, 4.69) is 20.2 Å². The van der Waals surface area contributed by atoms with Gasteiger partial charge >= 0.3 is 0 Å². The molecule has 204 valence electrons. The standard InChI is InChI=1S/C31H32N6O3/c32-29(38)21-3-1-20(2-4-21)18-36-14-11-28-26(19-36)25-17-23(5-6-27(25)35-28)30(39)34-24-9-15-37(16-10-24)31(40)22-7-12-33-13-8-22/h1-8,12-13,17,24,35H,9-11,14-16,18-19H2,(H2,32,38)(H,34,39). The molecule has 0 atom stereocenters. The number of hydrogen-bond donors (Lipinski definition) is 3. The van der Waals surface area contributed by atoms with Crippen molar-refractivity contribution in [2.45, 2.75) is 38.4 Å². The molecule has 0 radical (unpaired) electrons. The number of carbonyl (C=O) groups excluding carboxylic acids is 3. The fraction of sp³-hybridized carbons (Fsp3) is 0.290. The fourth-order valence-corrected chi connectivity index (χ4v) is 5.75. The van der Waals surface area contributed by atoms with E-state index in [0.717, 1.165) is 55.4 Å². The lowest BCUT2D eigenvalue weighted by atomic mass is 10.0. The number of aromatic amines is 1. The molecule has 0 aliphatic carbocycles. The second kappa shape index (κ2) is 10.9. The van der Waals surface area contributed by atoms with Gasteiger partial charge in [-0.2, -0.15) is 0 Å². The third-order valence-corrected chi connectivity index (χ3v) is 8.01. The van der Waals surface area contributed by atoms with Crippen molar-refractivity contribution in [2.75, 3.05) is 19.6 Å². The van der Waals surface area contributed by atoms with Crippen molar-refractivity contribution in [1.82, 2.24) is 25.1 Å². The highest BCUT2D eigenvalue weighted by Gasteiger charge is 2.26. The number of fused-ring (bicyclic) bond motifs is 3. The molecule has 0 bridgehead atoms. The Hall–Kier alpha value is -4.50. The second-order valence-electron chi connectivity index (χ2n) is 10.6. The molecular weight excluding hydrogens is 504 g/mol. The third kappa shape index (κ3) is 5.33. The van der Waals surface area contributed by atoms with Crippen LogP contribution >= 0.6 is 0 Å². The largest absolute Gasteiger partial charge is 0.366 e. The van der Waals surface area contributed by atoms with Gasteiger partial charge in [-0.15, -0.1) is 0 Å². The molecule has 9 heteroatoms. The number of nitrogens with zero attached hydrogens (tertiary/aromatic N) is 3. The number of piperidine rings is 1. The predicted octanol–water partition coefficient (Wildman–Crippen LogP) is 3.25. The SMILES string of the molecule is NC(=O)c1ccc(CN2CCc3[nH]c4ccc(C(=O)NC5CCN(C(=O)c6ccncc6)CC5)cc4c3C2)cc1. The summed E-state index contributed by atoms with van der Waals surface area (Å²) >= 11 is 0. The Bertz CT molecular complexity index is 1560. The van der Waals surface area contributed by atoms with Crippen molar-refractivity contribution >= 4 is 28.6 Å². The number of nitrogens with two attached hydrogens (primary N) is 1. The van der Waals surface area contributed by atoms with Gasteiger partial charge in [-0.3, -0.25) is 24.3 Å². The first-order chi connectivity index (χ1) is 19.4. The van der Waals surface area contributed by atoms with Crippen molar-refractivity contribution in [3.63, 3.8) is 0 Å². The van der Waals surface area contributed by atoms with Crippen molar-refractivity contribution in [3.05, 3.63) is 101 Å². The summed E-state index contributed by atoms with van der Waals surface area (Å²) in [6.45, 7) is 3.69. The summed E-state index contributed by atoms with van der Waals surface area (Å²) < 4.78 is 0. The zero-order valence-corrected chi connectivity index (χ0v) is 22.2. The zero-order chi connectivity index (χ0) is 27.6. The van der Waals surface area contributed by atoms with Crippen LogP contribution in [0.25, 0.3) is 10.9 Å². The Morgan fingerprint density at radius 2 is 1.65 bits per heavy atom. The molecule has 0 spiro atoms. The fourth-order valence-electron chi connectivity index (χ4n) is 5.75. The minimum Gasteiger partial charge on any atom is -0.366 e. The van der Waals surface area contributed by atoms with Crippen LogP contribution in [0.5, 0.6) is 0 Å². The smallest absolute Gasteiger partial charge is 0.253 e. The van der Waals surface area contributed by atoms with E-state index >= 15 is 0 Å². The molecular formula is C31H32N6O3. The Balaban J connectivity index is 1.09. The van der Waals surface area contributed by atoms with E-state index in [1.54, 1.807) is 36.7 Å². The minimum atomic E-state index is -0.422. The van der Waals surface area contributed by atoms with E-state index in [0.29, 0.717) is 29.8 Å². The monoisotopic (exact) mass is 536 g/mol. The number of rotatable bonds is 6. The van der Waals surface area contributed by atoms with Gasteiger partial charge in [0, 0.05) is 90.9 Å². The maximum absolute atomic E-state index is 13.2. The molecule has 2 aliphatic rings. The molecule has 0 unspecified atom stereocenters. The molecule has 3 amide bonds. The lowest BCUT2D eigenvalue weighted by Crippen LogP contribution is -2.46. The molecule has 1 fully saturated rings. The van der Waals surface area contributed by atoms with Gasteiger partial charge in [0.1, 0.15) is 0 Å². The number of aromatic nitrogens is 2. The van der Waals surface area contributed by atoms with Crippen LogP contribution in [0.2, 0.25) is 0 Å². The molecule has 2 aromatic carbocycles. The first-order valence-electron chi connectivity index (χ1n) is 13.7. The van der Waals surface area contributed by atoms with Crippen molar-refractivity contribution < 1.29 is 14.4 Å². The number of hydrogen-bond acceptors (Lipinski definition) is 5. The number of pyridine rings is 1. The Morgan fingerprint density at radius 1 is 0.925 bits per heavy atom. The molecule has 40 heavy (non-hydrogen) atoms. The molecule has 6 rings (SSSR count). The molecule has 4 aromatic rings. The normalized spacial score (nSPS) is 16.1. The van der Waals surface area contributed by atoms with Crippen LogP contribution in [-0.2, 0) is 19.5 Å². The Morgan fingerprint density at radius 3 is 2.38 bits per heavy atom. The van der Waals surface area contributed by atoms with Crippen LogP contribution in [0, 0.1) is 0 Å². The average molecular weight is 537 g/mol. The lowest BCUT2D eigenvalue weighted by molar-refractivity contribution is 0.0697. The first-order valence-corrected chi connectivity index (χ1v) is 13.7. The van der Waals surface area contributed by atoms with Crippen molar-refractivity contribution in [1.29, 1.82) is 0 Å². The summed E-state index contributed by atoms with van der Waals surface area (Å²) in [5.74, 6) is -0.501. The number of likely N-dealkylation sites (tertiary alicyclic amines) is 1. The lowest BCUT2D eigenvalue weighted by Gasteiger charge is -2.32.